The van der Waals surface area contributed by atoms with Gasteiger partial charge in [-0.2, -0.15) is 0 Å². The number of allylic oxidation sites excluding steroid dienone is 2. The molecule has 0 saturated carbocycles. The lowest BCUT2D eigenvalue weighted by atomic mass is 10.1. The molecule has 0 bridgehead atoms. The first-order chi connectivity index (χ1) is 14.9. The number of carbonyl (C=O) groups is 1. The van der Waals surface area contributed by atoms with E-state index in [0.29, 0.717) is 20.6 Å². The number of carbonyl (C=O) groups excluding carboxylic acids is 1. The first-order valence-corrected chi connectivity index (χ1v) is 11.0. The highest BCUT2D eigenvalue weighted by Crippen LogP contribution is 2.36. The topological polar surface area (TPSA) is 47.2 Å². The highest BCUT2D eigenvalue weighted by molar-refractivity contribution is 8.27. The third-order valence-corrected chi connectivity index (χ3v) is 6.40. The van der Waals surface area contributed by atoms with E-state index in [2.05, 4.69) is 0 Å². The van der Waals surface area contributed by atoms with Crippen molar-refractivity contribution < 1.29 is 4.79 Å². The summed E-state index contributed by atoms with van der Waals surface area (Å²) >= 11 is 6.71. The molecular formula is C24H21N3O2S2. The number of hydrogen-bond donors (Lipinski definition) is 0. The Hall–Kier alpha value is -3.16. The lowest BCUT2D eigenvalue weighted by Crippen LogP contribution is -2.33. The summed E-state index contributed by atoms with van der Waals surface area (Å²) in [6.45, 7) is 3.76. The number of amides is 1. The van der Waals surface area contributed by atoms with Crippen LogP contribution in [-0.2, 0) is 11.8 Å². The predicted octanol–water partition coefficient (Wildman–Crippen LogP) is 4.84. The van der Waals surface area contributed by atoms with Crippen molar-refractivity contribution in [3.8, 4) is 5.69 Å². The molecule has 31 heavy (non-hydrogen) atoms. The predicted molar refractivity (Wildman–Crippen MR) is 132 cm³/mol. The van der Waals surface area contributed by atoms with E-state index in [1.165, 1.54) is 16.7 Å². The van der Waals surface area contributed by atoms with Crippen molar-refractivity contribution in [1.82, 2.24) is 9.36 Å². The van der Waals surface area contributed by atoms with Gasteiger partial charge >= 0.3 is 0 Å². The Morgan fingerprint density at radius 2 is 1.61 bits per heavy atom. The Labute approximate surface area is 190 Å². The van der Waals surface area contributed by atoms with Crippen LogP contribution in [0.3, 0.4) is 0 Å². The van der Waals surface area contributed by atoms with Crippen molar-refractivity contribution in [2.75, 3.05) is 4.90 Å². The Balaban J connectivity index is 1.72. The highest BCUT2D eigenvalue weighted by atomic mass is 32.2. The summed E-state index contributed by atoms with van der Waals surface area (Å²) in [7, 11) is 1.80. The second-order valence-electron chi connectivity index (χ2n) is 7.23. The van der Waals surface area contributed by atoms with Gasteiger partial charge in [0.2, 0.25) is 0 Å². The van der Waals surface area contributed by atoms with Crippen LogP contribution < -0.4 is 10.5 Å². The average molecular weight is 448 g/mol. The molecule has 0 unspecified atom stereocenters. The number of nitrogens with zero attached hydrogens (tertiary/aromatic N) is 3. The van der Waals surface area contributed by atoms with Gasteiger partial charge < -0.3 is 0 Å². The smallest absolute Gasteiger partial charge is 0.283 e. The molecule has 1 amide bonds. The van der Waals surface area contributed by atoms with Crippen molar-refractivity contribution in [2.45, 2.75) is 13.8 Å². The van der Waals surface area contributed by atoms with E-state index in [1.807, 2.05) is 86.7 Å². The van der Waals surface area contributed by atoms with Gasteiger partial charge in [0.25, 0.3) is 11.5 Å². The maximum atomic E-state index is 13.3. The molecule has 7 heteroatoms. The maximum Gasteiger partial charge on any atom is 0.296 e. The molecule has 1 saturated heterocycles. The van der Waals surface area contributed by atoms with Gasteiger partial charge in [0.05, 0.1) is 16.3 Å². The fourth-order valence-electron chi connectivity index (χ4n) is 3.53. The molecule has 5 nitrogen and oxygen atoms in total. The first-order valence-electron chi connectivity index (χ1n) is 9.74. The number of anilines is 1. The summed E-state index contributed by atoms with van der Waals surface area (Å²) in [5.74, 6) is -0.276. The van der Waals surface area contributed by atoms with Gasteiger partial charge in [-0.05, 0) is 43.2 Å². The van der Waals surface area contributed by atoms with Crippen LogP contribution in [0, 0.1) is 6.92 Å². The number of thiocarbonyl (C=S) groups is 1. The quantitative estimate of drug-likeness (QED) is 0.424. The fraction of sp³-hybridized carbons (Fsp3) is 0.125. The van der Waals surface area contributed by atoms with E-state index >= 15 is 0 Å². The fourth-order valence-corrected chi connectivity index (χ4v) is 4.85. The number of thioether (sulfide) groups is 1. The Bertz CT molecular complexity index is 1290. The second kappa shape index (κ2) is 8.53. The van der Waals surface area contributed by atoms with Crippen molar-refractivity contribution >= 4 is 46.0 Å². The summed E-state index contributed by atoms with van der Waals surface area (Å²) in [5, 5.41) is 0. The molecule has 0 aliphatic carbocycles. The van der Waals surface area contributed by atoms with Crippen LogP contribution in [0.4, 0.5) is 5.69 Å². The Morgan fingerprint density at radius 1 is 1.00 bits per heavy atom. The van der Waals surface area contributed by atoms with E-state index in [1.54, 1.807) is 16.4 Å². The van der Waals surface area contributed by atoms with Crippen molar-refractivity contribution in [3.05, 3.63) is 98.8 Å². The van der Waals surface area contributed by atoms with Crippen LogP contribution in [0.5, 0.6) is 0 Å². The average Bonchev–Trinajstić information content (AvgIpc) is 3.14. The monoisotopic (exact) mass is 447 g/mol. The molecule has 0 spiro atoms. The minimum atomic E-state index is -0.278. The van der Waals surface area contributed by atoms with E-state index in [4.69, 9.17) is 12.2 Å². The zero-order valence-corrected chi connectivity index (χ0v) is 19.0. The van der Waals surface area contributed by atoms with Gasteiger partial charge in [-0.15, -0.1) is 0 Å². The van der Waals surface area contributed by atoms with Gasteiger partial charge in [-0.1, -0.05) is 78.6 Å². The molecular weight excluding hydrogens is 426 g/mol. The standard InChI is InChI=1S/C24H21N3O2S2/c1-16(14-18-10-6-4-7-11-18)15-20-22(28)26(24(30)31-20)21-17(2)25(3)27(23(21)29)19-12-8-5-9-13-19/h4-15H,1-3H3/b16-14-,20-15-. The third-order valence-electron chi connectivity index (χ3n) is 5.09. The van der Waals surface area contributed by atoms with Gasteiger partial charge in [-0.3, -0.25) is 19.2 Å². The molecule has 3 aromatic rings. The summed E-state index contributed by atoms with van der Waals surface area (Å²) in [5.41, 5.74) is 3.40. The zero-order chi connectivity index (χ0) is 22.1. The van der Waals surface area contributed by atoms with E-state index < -0.39 is 0 Å². The molecule has 0 radical (unpaired) electrons. The van der Waals surface area contributed by atoms with Crippen LogP contribution in [0.1, 0.15) is 18.2 Å². The molecule has 156 valence electrons. The molecule has 0 atom stereocenters. The van der Waals surface area contributed by atoms with E-state index in [9.17, 15) is 9.59 Å². The van der Waals surface area contributed by atoms with E-state index in [-0.39, 0.29) is 11.5 Å². The van der Waals surface area contributed by atoms with Crippen LogP contribution in [0.25, 0.3) is 11.8 Å². The Morgan fingerprint density at radius 3 is 2.26 bits per heavy atom. The Kier molecular flexibility index (Phi) is 5.80. The summed E-state index contributed by atoms with van der Waals surface area (Å²) in [4.78, 5) is 28.4. The van der Waals surface area contributed by atoms with Gasteiger partial charge in [0.15, 0.2) is 4.32 Å². The lowest BCUT2D eigenvalue weighted by molar-refractivity contribution is -0.113. The van der Waals surface area contributed by atoms with Crippen LogP contribution >= 0.6 is 24.0 Å². The summed E-state index contributed by atoms with van der Waals surface area (Å²) in [6, 6.07) is 19.2. The van der Waals surface area contributed by atoms with Crippen LogP contribution in [0.2, 0.25) is 0 Å². The van der Waals surface area contributed by atoms with Crippen LogP contribution in [0.15, 0.2) is 82.0 Å². The zero-order valence-electron chi connectivity index (χ0n) is 17.4. The number of para-hydroxylation sites is 1. The molecule has 1 fully saturated rings. The first kappa shape index (κ1) is 21.1. The summed E-state index contributed by atoms with van der Waals surface area (Å²) < 4.78 is 3.65. The molecule has 2 heterocycles. The number of aromatic nitrogens is 2. The van der Waals surface area contributed by atoms with Crippen molar-refractivity contribution in [3.63, 3.8) is 0 Å². The summed E-state index contributed by atoms with van der Waals surface area (Å²) in [6.07, 6.45) is 3.82. The molecule has 1 aliphatic heterocycles. The normalized spacial score (nSPS) is 15.9. The minimum Gasteiger partial charge on any atom is -0.283 e. The van der Waals surface area contributed by atoms with Gasteiger partial charge in [0, 0.05) is 7.05 Å². The van der Waals surface area contributed by atoms with Crippen molar-refractivity contribution in [1.29, 1.82) is 0 Å². The molecule has 2 aromatic carbocycles. The van der Waals surface area contributed by atoms with E-state index in [0.717, 1.165) is 16.8 Å². The van der Waals surface area contributed by atoms with Crippen molar-refractivity contribution in [2.24, 2.45) is 7.05 Å². The number of rotatable bonds is 4. The molecule has 0 N–H and O–H groups in total. The molecule has 4 rings (SSSR count). The molecule has 1 aromatic heterocycles. The van der Waals surface area contributed by atoms with Gasteiger partial charge in [0.1, 0.15) is 5.69 Å². The molecule has 1 aliphatic rings. The second-order valence-corrected chi connectivity index (χ2v) is 8.90. The number of hydrogen-bond acceptors (Lipinski definition) is 4. The number of benzene rings is 2. The largest absolute Gasteiger partial charge is 0.296 e. The highest BCUT2D eigenvalue weighted by Gasteiger charge is 2.37. The minimum absolute atomic E-state index is 0.276. The maximum absolute atomic E-state index is 13.3. The third kappa shape index (κ3) is 3.94. The lowest BCUT2D eigenvalue weighted by Gasteiger charge is -2.12. The van der Waals surface area contributed by atoms with Crippen LogP contribution in [-0.4, -0.2) is 19.6 Å². The SMILES string of the molecule is CC(=C/c1ccccc1)/C=C1\SC(=S)N(c2c(C)n(C)n(-c3ccccc3)c2=O)C1=O. The van der Waals surface area contributed by atoms with Gasteiger partial charge in [-0.25, -0.2) is 4.68 Å².